The quantitative estimate of drug-likeness (QED) is 0.227. The van der Waals surface area contributed by atoms with Gasteiger partial charge in [0.05, 0.1) is 30.8 Å². The van der Waals surface area contributed by atoms with E-state index in [2.05, 4.69) is 5.32 Å². The zero-order valence-electron chi connectivity index (χ0n) is 22.2. The van der Waals surface area contributed by atoms with Crippen LogP contribution in [0.5, 0.6) is 5.75 Å². The number of nitro benzene ring substituents is 1. The normalized spacial score (nSPS) is 20.6. The highest BCUT2D eigenvalue weighted by atomic mass is 16.6. The molecule has 0 unspecified atom stereocenters. The number of non-ortho nitro benzene ring substituents is 1. The Morgan fingerprint density at radius 1 is 1.00 bits per heavy atom. The van der Waals surface area contributed by atoms with Crippen LogP contribution in [0.15, 0.2) is 71.1 Å². The summed E-state index contributed by atoms with van der Waals surface area (Å²) < 4.78 is 15.9. The lowest BCUT2D eigenvalue weighted by Crippen LogP contribution is -2.43. The molecule has 0 spiro atoms. The highest BCUT2D eigenvalue weighted by molar-refractivity contribution is 6.13. The Hall–Kier alpha value is -4.47. The van der Waals surface area contributed by atoms with Gasteiger partial charge in [0.1, 0.15) is 11.7 Å². The first kappa shape index (κ1) is 27.6. The first-order valence-electron chi connectivity index (χ1n) is 12.7. The Balaban J connectivity index is 1.88. The fraction of sp³-hybridized carbons (Fsp3) is 0.345. The van der Waals surface area contributed by atoms with Crippen molar-refractivity contribution in [1.82, 2.24) is 5.32 Å². The summed E-state index contributed by atoms with van der Waals surface area (Å²) in [6.45, 7) is 5.29. The zero-order valence-corrected chi connectivity index (χ0v) is 22.2. The Kier molecular flexibility index (Phi) is 8.13. The Morgan fingerprint density at radius 3 is 2.18 bits per heavy atom. The lowest BCUT2D eigenvalue weighted by Gasteiger charge is -2.39. The molecule has 2 aromatic carbocycles. The van der Waals surface area contributed by atoms with Gasteiger partial charge in [-0.3, -0.25) is 19.7 Å². The summed E-state index contributed by atoms with van der Waals surface area (Å²) in [5, 5.41) is 14.5. The van der Waals surface area contributed by atoms with Gasteiger partial charge in [0.15, 0.2) is 5.78 Å². The van der Waals surface area contributed by atoms with Gasteiger partial charge in [-0.1, -0.05) is 24.3 Å². The van der Waals surface area contributed by atoms with Gasteiger partial charge in [-0.2, -0.15) is 0 Å². The summed E-state index contributed by atoms with van der Waals surface area (Å²) in [4.78, 5) is 51.4. The number of hydrogen-bond donors (Lipinski definition) is 1. The van der Waals surface area contributed by atoms with Gasteiger partial charge in [-0.05, 0) is 50.5 Å². The molecule has 0 bridgehead atoms. The number of nitro groups is 1. The number of rotatable bonds is 8. The number of esters is 2. The van der Waals surface area contributed by atoms with Gasteiger partial charge in [-0.25, -0.2) is 4.79 Å². The maximum atomic E-state index is 14.3. The minimum absolute atomic E-state index is 0.0982. The van der Waals surface area contributed by atoms with E-state index in [-0.39, 0.29) is 30.0 Å². The molecule has 1 aliphatic heterocycles. The number of dihydropyridines is 1. The SMILES string of the molecule is CCOC(=O)C1=C(C)NC2=C(C(=O)[C@H](C(=O)OCC)[C@@H](c3ccc(OC)cc3)C2)[C@@H]1c1ccc([N+](=O)[O-])cc1. The lowest BCUT2D eigenvalue weighted by atomic mass is 9.67. The van der Waals surface area contributed by atoms with Crippen LogP contribution in [0.2, 0.25) is 0 Å². The lowest BCUT2D eigenvalue weighted by molar-refractivity contribution is -0.384. The van der Waals surface area contributed by atoms with Gasteiger partial charge in [-0.15, -0.1) is 0 Å². The number of methoxy groups -OCH3 is 1. The van der Waals surface area contributed by atoms with Crippen molar-refractivity contribution in [3.63, 3.8) is 0 Å². The molecule has 10 heteroatoms. The Labute approximate surface area is 225 Å². The minimum atomic E-state index is -1.15. The minimum Gasteiger partial charge on any atom is -0.497 e. The number of Topliss-reactive ketones (excluding diaryl/α,β-unsaturated/α-hetero) is 1. The van der Waals surface area contributed by atoms with Gasteiger partial charge >= 0.3 is 11.9 Å². The van der Waals surface area contributed by atoms with Crippen LogP contribution >= 0.6 is 0 Å². The van der Waals surface area contributed by atoms with Crippen LogP contribution in [-0.4, -0.2) is 43.0 Å². The number of ketones is 1. The number of nitrogens with zero attached hydrogens (tertiary/aromatic N) is 1. The molecule has 1 aliphatic carbocycles. The number of allylic oxidation sites excluding steroid dienone is 3. The number of carbonyl (C=O) groups excluding carboxylic acids is 3. The molecule has 0 saturated heterocycles. The smallest absolute Gasteiger partial charge is 0.336 e. The topological polar surface area (TPSA) is 134 Å². The predicted molar refractivity (Wildman–Crippen MR) is 141 cm³/mol. The summed E-state index contributed by atoms with van der Waals surface area (Å²) >= 11 is 0. The molecule has 0 radical (unpaired) electrons. The summed E-state index contributed by atoms with van der Waals surface area (Å²) in [6, 6.07) is 12.9. The average molecular weight is 535 g/mol. The molecule has 3 atom stereocenters. The van der Waals surface area contributed by atoms with Crippen molar-refractivity contribution in [3.8, 4) is 5.75 Å². The summed E-state index contributed by atoms with van der Waals surface area (Å²) in [7, 11) is 1.55. The van der Waals surface area contributed by atoms with E-state index in [0.717, 1.165) is 5.56 Å². The third-order valence-electron chi connectivity index (χ3n) is 7.04. The molecule has 204 valence electrons. The second kappa shape index (κ2) is 11.5. The fourth-order valence-corrected chi connectivity index (χ4v) is 5.30. The van der Waals surface area contributed by atoms with Crippen LogP contribution in [0.4, 0.5) is 5.69 Å². The van der Waals surface area contributed by atoms with Gasteiger partial charge < -0.3 is 19.5 Å². The first-order valence-corrected chi connectivity index (χ1v) is 12.7. The maximum absolute atomic E-state index is 14.3. The van der Waals surface area contributed by atoms with Crippen LogP contribution < -0.4 is 10.1 Å². The van der Waals surface area contributed by atoms with E-state index in [1.54, 1.807) is 40.0 Å². The van der Waals surface area contributed by atoms with E-state index in [1.807, 2.05) is 12.1 Å². The van der Waals surface area contributed by atoms with Crippen LogP contribution in [0.1, 0.15) is 50.2 Å². The van der Waals surface area contributed by atoms with E-state index in [4.69, 9.17) is 14.2 Å². The van der Waals surface area contributed by atoms with Crippen molar-refractivity contribution >= 4 is 23.4 Å². The van der Waals surface area contributed by atoms with Crippen molar-refractivity contribution < 1.29 is 33.5 Å². The Bertz CT molecular complexity index is 1360. The molecule has 39 heavy (non-hydrogen) atoms. The van der Waals surface area contributed by atoms with Crippen molar-refractivity contribution in [3.05, 3.63) is 92.3 Å². The maximum Gasteiger partial charge on any atom is 0.336 e. The molecule has 2 aliphatic rings. The number of ether oxygens (including phenoxy) is 3. The molecule has 0 fully saturated rings. The number of carbonyl (C=O) groups is 3. The first-order chi connectivity index (χ1) is 18.7. The summed E-state index contributed by atoms with van der Waals surface area (Å²) in [5.41, 5.74) is 2.68. The van der Waals surface area contributed by atoms with Crippen LogP contribution in [0, 0.1) is 16.0 Å². The van der Waals surface area contributed by atoms with Crippen LogP contribution in [-0.2, 0) is 23.9 Å². The van der Waals surface area contributed by atoms with E-state index < -0.39 is 40.4 Å². The van der Waals surface area contributed by atoms with Crippen molar-refractivity contribution in [2.45, 2.75) is 39.0 Å². The third kappa shape index (κ3) is 5.27. The highest BCUT2D eigenvalue weighted by Gasteiger charge is 2.49. The van der Waals surface area contributed by atoms with Gasteiger partial charge in [0.2, 0.25) is 0 Å². The monoisotopic (exact) mass is 534 g/mol. The molecule has 1 N–H and O–H groups in total. The fourth-order valence-electron chi connectivity index (χ4n) is 5.30. The van der Waals surface area contributed by atoms with E-state index in [0.29, 0.717) is 29.1 Å². The molecular formula is C29H30N2O8. The molecule has 0 amide bonds. The van der Waals surface area contributed by atoms with Crippen LogP contribution in [0.3, 0.4) is 0 Å². The number of nitrogens with one attached hydrogen (secondary N) is 1. The van der Waals surface area contributed by atoms with Crippen molar-refractivity contribution in [2.75, 3.05) is 20.3 Å². The molecule has 4 rings (SSSR count). The average Bonchev–Trinajstić information content (AvgIpc) is 2.92. The third-order valence-corrected chi connectivity index (χ3v) is 7.04. The van der Waals surface area contributed by atoms with E-state index in [1.165, 1.54) is 24.3 Å². The molecule has 0 aromatic heterocycles. The van der Waals surface area contributed by atoms with Crippen molar-refractivity contribution in [1.29, 1.82) is 0 Å². The molecule has 1 heterocycles. The predicted octanol–water partition coefficient (Wildman–Crippen LogP) is 4.32. The van der Waals surface area contributed by atoms with Crippen molar-refractivity contribution in [2.24, 2.45) is 5.92 Å². The van der Waals surface area contributed by atoms with Crippen LogP contribution in [0.25, 0.3) is 0 Å². The summed E-state index contributed by atoms with van der Waals surface area (Å²) in [5.74, 6) is -3.66. The van der Waals surface area contributed by atoms with Gasteiger partial charge in [0, 0.05) is 40.9 Å². The molecule has 10 nitrogen and oxygen atoms in total. The highest BCUT2D eigenvalue weighted by Crippen LogP contribution is 2.48. The number of benzene rings is 2. The number of hydrogen-bond acceptors (Lipinski definition) is 9. The Morgan fingerprint density at radius 2 is 1.62 bits per heavy atom. The molecular weight excluding hydrogens is 504 g/mol. The van der Waals surface area contributed by atoms with E-state index >= 15 is 0 Å². The zero-order chi connectivity index (χ0) is 28.3. The molecule has 0 saturated carbocycles. The summed E-state index contributed by atoms with van der Waals surface area (Å²) in [6.07, 6.45) is 0.299. The standard InChI is InChI=1S/C29H30N2O8/c1-5-38-28(33)23-16(3)30-22-15-21(17-9-13-20(37-4)14-10-17)25(29(34)39-6-2)27(32)26(22)24(23)18-7-11-19(12-8-18)31(35)36/h7-14,21,24-25,30H,5-6,15H2,1-4H3/t21-,24-,25-/m1/s1. The second-order valence-corrected chi connectivity index (χ2v) is 9.24. The van der Waals surface area contributed by atoms with Gasteiger partial charge in [0.25, 0.3) is 5.69 Å². The second-order valence-electron chi connectivity index (χ2n) is 9.24. The largest absolute Gasteiger partial charge is 0.497 e. The molecule has 2 aromatic rings. The van der Waals surface area contributed by atoms with E-state index in [9.17, 15) is 24.5 Å².